The zero-order valence-electron chi connectivity index (χ0n) is 14.6. The van der Waals surface area contributed by atoms with Gasteiger partial charge in [-0.2, -0.15) is 0 Å². The minimum absolute atomic E-state index is 0.118. The number of carbonyl (C=O) groups excluding carboxylic acids is 2. The first-order chi connectivity index (χ1) is 12.2. The number of esters is 1. The highest BCUT2D eigenvalue weighted by Crippen LogP contribution is 2.55. The minimum Gasteiger partial charge on any atom is -0.469 e. The van der Waals surface area contributed by atoms with Gasteiger partial charge < -0.3 is 4.74 Å². The number of piperidine rings is 1. The number of para-hydroxylation sites is 1. The maximum atomic E-state index is 12.9. The van der Waals surface area contributed by atoms with Gasteiger partial charge in [0, 0.05) is 17.6 Å². The number of aromatic nitrogens is 1. The van der Waals surface area contributed by atoms with E-state index in [4.69, 9.17) is 4.74 Å². The Hall–Kier alpha value is -2.14. The van der Waals surface area contributed by atoms with Crippen LogP contribution in [-0.2, 0) is 9.53 Å². The summed E-state index contributed by atoms with van der Waals surface area (Å²) < 4.78 is 7.09. The Kier molecular flexibility index (Phi) is 3.14. The maximum Gasteiger partial charge on any atom is 0.313 e. The number of hydrogen-bond donors (Lipinski definition) is 0. The molecule has 3 heterocycles. The van der Waals surface area contributed by atoms with Crippen LogP contribution in [0, 0.1) is 11.8 Å². The zero-order chi connectivity index (χ0) is 17.3. The van der Waals surface area contributed by atoms with Gasteiger partial charge in [0.2, 0.25) is 5.91 Å². The molecule has 130 valence electrons. The van der Waals surface area contributed by atoms with E-state index < -0.39 is 0 Å². The monoisotopic (exact) mass is 338 g/mol. The fourth-order valence-corrected chi connectivity index (χ4v) is 5.55. The zero-order valence-corrected chi connectivity index (χ0v) is 14.6. The smallest absolute Gasteiger partial charge is 0.313 e. The molecule has 1 saturated heterocycles. The molecule has 0 unspecified atom stereocenters. The van der Waals surface area contributed by atoms with E-state index in [-0.39, 0.29) is 23.8 Å². The molecule has 0 radical (unpaired) electrons. The van der Waals surface area contributed by atoms with E-state index >= 15 is 0 Å². The van der Waals surface area contributed by atoms with Crippen LogP contribution in [0.1, 0.15) is 47.8 Å². The quantitative estimate of drug-likeness (QED) is 0.790. The molecule has 2 aromatic rings. The number of benzene rings is 1. The molecule has 0 saturated carbocycles. The first kappa shape index (κ1) is 15.1. The molecule has 2 bridgehead atoms. The van der Waals surface area contributed by atoms with Crippen LogP contribution < -0.4 is 0 Å². The molecular weight excluding hydrogens is 316 g/mol. The standard InChI is InChI=1S/C20H22N2O3/c1-3-11-9-21-10-16(23)22-14-7-5-4-6-12(14)17-18(20(24)25-2)13(11)8-15(21)19(17)22/h4-7,11,13,15,18H,3,8-10H2,1-2H3/t11-,13+,15+,18+/m1/s1. The third-order valence-electron chi connectivity index (χ3n) is 6.58. The van der Waals surface area contributed by atoms with E-state index in [1.165, 1.54) is 7.11 Å². The number of carbonyl (C=O) groups is 2. The van der Waals surface area contributed by atoms with Crippen molar-refractivity contribution in [3.8, 4) is 0 Å². The molecule has 4 atom stereocenters. The van der Waals surface area contributed by atoms with Gasteiger partial charge in [-0.05, 0) is 29.9 Å². The summed E-state index contributed by atoms with van der Waals surface area (Å²) in [7, 11) is 1.47. The number of methoxy groups -OCH3 is 1. The number of fused-ring (bicyclic) bond motifs is 4. The maximum absolute atomic E-state index is 12.9. The van der Waals surface area contributed by atoms with Gasteiger partial charge in [0.1, 0.15) is 0 Å². The number of hydrogen-bond acceptors (Lipinski definition) is 4. The second-order valence-electron chi connectivity index (χ2n) is 7.56. The van der Waals surface area contributed by atoms with Crippen LogP contribution in [0.3, 0.4) is 0 Å². The van der Waals surface area contributed by atoms with E-state index in [0.29, 0.717) is 18.4 Å². The minimum atomic E-state index is -0.264. The van der Waals surface area contributed by atoms with Crippen molar-refractivity contribution in [2.45, 2.75) is 31.7 Å². The molecule has 1 aromatic carbocycles. The Bertz CT molecular complexity index is 900. The first-order valence-electron chi connectivity index (χ1n) is 9.14. The average Bonchev–Trinajstić information content (AvgIpc) is 2.98. The van der Waals surface area contributed by atoms with Crippen LogP contribution in [0.4, 0.5) is 0 Å². The van der Waals surface area contributed by atoms with Crippen molar-refractivity contribution in [1.82, 2.24) is 9.47 Å². The van der Waals surface area contributed by atoms with Crippen molar-refractivity contribution < 1.29 is 14.3 Å². The van der Waals surface area contributed by atoms with Gasteiger partial charge in [0.25, 0.3) is 0 Å². The molecule has 5 nitrogen and oxygen atoms in total. The summed E-state index contributed by atoms with van der Waals surface area (Å²) in [6, 6.07) is 8.24. The Morgan fingerprint density at radius 2 is 2.12 bits per heavy atom. The fourth-order valence-electron chi connectivity index (χ4n) is 5.55. The van der Waals surface area contributed by atoms with Gasteiger partial charge in [-0.25, -0.2) is 0 Å². The van der Waals surface area contributed by atoms with Crippen LogP contribution in [-0.4, -0.2) is 41.5 Å². The fraction of sp³-hybridized carbons (Fsp3) is 0.500. The van der Waals surface area contributed by atoms with Crippen molar-refractivity contribution in [3.05, 3.63) is 35.5 Å². The summed E-state index contributed by atoms with van der Waals surface area (Å²) in [6.07, 6.45) is 1.96. The summed E-state index contributed by atoms with van der Waals surface area (Å²) in [6.45, 7) is 3.55. The van der Waals surface area contributed by atoms with Crippen LogP contribution in [0.2, 0.25) is 0 Å². The van der Waals surface area contributed by atoms with E-state index in [9.17, 15) is 9.59 Å². The lowest BCUT2D eigenvalue weighted by Crippen LogP contribution is -2.54. The Balaban J connectivity index is 1.87. The van der Waals surface area contributed by atoms with E-state index in [0.717, 1.165) is 41.5 Å². The summed E-state index contributed by atoms with van der Waals surface area (Å²) in [5.41, 5.74) is 3.02. The summed E-state index contributed by atoms with van der Waals surface area (Å²) in [5.74, 6) is 0.403. The van der Waals surface area contributed by atoms with Crippen LogP contribution >= 0.6 is 0 Å². The van der Waals surface area contributed by atoms with Crippen molar-refractivity contribution in [3.63, 3.8) is 0 Å². The first-order valence-corrected chi connectivity index (χ1v) is 9.14. The highest BCUT2D eigenvalue weighted by atomic mass is 16.5. The van der Waals surface area contributed by atoms with Crippen molar-refractivity contribution in [2.24, 2.45) is 11.8 Å². The van der Waals surface area contributed by atoms with Gasteiger partial charge >= 0.3 is 5.97 Å². The molecular formula is C20H22N2O3. The van der Waals surface area contributed by atoms with Gasteiger partial charge in [-0.1, -0.05) is 31.5 Å². The van der Waals surface area contributed by atoms with E-state index in [1.54, 1.807) is 0 Å². The average molecular weight is 338 g/mol. The summed E-state index contributed by atoms with van der Waals surface area (Å²) >= 11 is 0. The van der Waals surface area contributed by atoms with Gasteiger partial charge in [-0.15, -0.1) is 0 Å². The molecule has 0 spiro atoms. The number of nitrogens with zero attached hydrogens (tertiary/aromatic N) is 2. The molecule has 0 amide bonds. The van der Waals surface area contributed by atoms with Crippen LogP contribution in [0.25, 0.3) is 10.9 Å². The van der Waals surface area contributed by atoms with Crippen molar-refractivity contribution in [2.75, 3.05) is 20.2 Å². The van der Waals surface area contributed by atoms with Gasteiger partial charge in [0.05, 0.1) is 31.1 Å². The Labute approximate surface area is 146 Å². The molecule has 5 rings (SSSR count). The Morgan fingerprint density at radius 3 is 2.88 bits per heavy atom. The predicted octanol–water partition coefficient (Wildman–Crippen LogP) is 2.95. The second kappa shape index (κ2) is 5.18. The molecule has 25 heavy (non-hydrogen) atoms. The topological polar surface area (TPSA) is 51.5 Å². The third kappa shape index (κ3) is 1.82. The summed E-state index contributed by atoms with van der Waals surface area (Å²) in [4.78, 5) is 28.1. The molecule has 2 aliphatic heterocycles. The highest BCUT2D eigenvalue weighted by molar-refractivity contribution is 6.00. The van der Waals surface area contributed by atoms with Gasteiger partial charge in [-0.3, -0.25) is 19.1 Å². The van der Waals surface area contributed by atoms with E-state index in [2.05, 4.69) is 11.8 Å². The summed E-state index contributed by atoms with van der Waals surface area (Å²) in [5, 5.41) is 1.04. The highest BCUT2D eigenvalue weighted by Gasteiger charge is 2.53. The van der Waals surface area contributed by atoms with Crippen LogP contribution in [0.5, 0.6) is 0 Å². The van der Waals surface area contributed by atoms with Gasteiger partial charge in [0.15, 0.2) is 0 Å². The lowest BCUT2D eigenvalue weighted by atomic mass is 9.65. The predicted molar refractivity (Wildman–Crippen MR) is 93.5 cm³/mol. The third-order valence-corrected chi connectivity index (χ3v) is 6.58. The normalized spacial score (nSPS) is 30.6. The molecule has 1 aliphatic carbocycles. The second-order valence-corrected chi connectivity index (χ2v) is 7.56. The lowest BCUT2D eigenvalue weighted by molar-refractivity contribution is -0.146. The molecule has 1 aromatic heterocycles. The molecule has 1 fully saturated rings. The SMILES string of the molecule is CC[C@@H]1CN2CC(=O)n3c4c(c5ccccc53)[C@@H](C(=O)OC)[C@H]1C[C@@H]42. The molecule has 0 N–H and O–H groups in total. The largest absolute Gasteiger partial charge is 0.469 e. The van der Waals surface area contributed by atoms with E-state index in [1.807, 2.05) is 28.8 Å². The van der Waals surface area contributed by atoms with Crippen molar-refractivity contribution in [1.29, 1.82) is 0 Å². The van der Waals surface area contributed by atoms with Crippen LogP contribution in [0.15, 0.2) is 24.3 Å². The van der Waals surface area contributed by atoms with Crippen molar-refractivity contribution >= 4 is 22.8 Å². The molecule has 3 aliphatic rings. The number of ether oxygens (including phenoxy) is 1. The molecule has 5 heteroatoms. The Morgan fingerprint density at radius 1 is 1.32 bits per heavy atom. The lowest BCUT2D eigenvalue weighted by Gasteiger charge is -2.51. The number of rotatable bonds is 2.